The van der Waals surface area contributed by atoms with Gasteiger partial charge in [-0.2, -0.15) is 0 Å². The predicted molar refractivity (Wildman–Crippen MR) is 79.3 cm³/mol. The first-order valence-corrected chi connectivity index (χ1v) is 6.34. The molecule has 104 valence electrons. The molecule has 1 aromatic heterocycles. The molecule has 0 fully saturated rings. The lowest BCUT2D eigenvalue weighted by molar-refractivity contribution is -0.384. The van der Waals surface area contributed by atoms with Gasteiger partial charge in [-0.25, -0.2) is 4.79 Å². The zero-order valence-corrected chi connectivity index (χ0v) is 11.2. The minimum Gasteiger partial charge on any atom is -0.422 e. The van der Waals surface area contributed by atoms with Crippen LogP contribution in [0.2, 0.25) is 0 Å². The van der Waals surface area contributed by atoms with Crippen LogP contribution in [0, 0.1) is 17.0 Å². The van der Waals surface area contributed by atoms with E-state index in [0.29, 0.717) is 16.5 Å². The molecule has 5 heteroatoms. The molecule has 0 atom stereocenters. The van der Waals surface area contributed by atoms with Crippen molar-refractivity contribution in [3.8, 4) is 11.1 Å². The molecule has 0 saturated heterocycles. The van der Waals surface area contributed by atoms with E-state index < -0.39 is 10.5 Å². The maximum Gasteiger partial charge on any atom is 0.344 e. The highest BCUT2D eigenvalue weighted by atomic mass is 16.6. The smallest absolute Gasteiger partial charge is 0.344 e. The standard InChI is InChI=1S/C16H11NO4/c1-10-3-2-4-11(7-10)14-9-12-8-13(17(19)20)5-6-15(12)21-16(14)18/h2-9H,1H3. The second kappa shape index (κ2) is 4.86. The highest BCUT2D eigenvalue weighted by molar-refractivity contribution is 5.83. The molecule has 3 rings (SSSR count). The van der Waals surface area contributed by atoms with Gasteiger partial charge in [-0.1, -0.05) is 29.8 Å². The van der Waals surface area contributed by atoms with E-state index in [-0.39, 0.29) is 5.69 Å². The fraction of sp³-hybridized carbons (Fsp3) is 0.0625. The van der Waals surface area contributed by atoms with Crippen molar-refractivity contribution in [1.29, 1.82) is 0 Å². The van der Waals surface area contributed by atoms with Crippen LogP contribution in [0.1, 0.15) is 5.56 Å². The Kier molecular flexibility index (Phi) is 3.02. The second-order valence-corrected chi connectivity index (χ2v) is 4.80. The van der Waals surface area contributed by atoms with Gasteiger partial charge in [0.25, 0.3) is 5.69 Å². The van der Waals surface area contributed by atoms with E-state index in [2.05, 4.69) is 0 Å². The molecule has 0 radical (unpaired) electrons. The zero-order chi connectivity index (χ0) is 15.0. The molecule has 3 aromatic rings. The molecule has 0 saturated carbocycles. The predicted octanol–water partition coefficient (Wildman–Crippen LogP) is 3.68. The summed E-state index contributed by atoms with van der Waals surface area (Å²) in [7, 11) is 0. The topological polar surface area (TPSA) is 73.3 Å². The molecule has 0 aliphatic carbocycles. The van der Waals surface area contributed by atoms with Crippen molar-refractivity contribution >= 4 is 16.7 Å². The highest BCUT2D eigenvalue weighted by Crippen LogP contribution is 2.24. The summed E-state index contributed by atoms with van der Waals surface area (Å²) in [6.45, 7) is 1.93. The van der Waals surface area contributed by atoms with Crippen LogP contribution < -0.4 is 5.63 Å². The van der Waals surface area contributed by atoms with E-state index >= 15 is 0 Å². The lowest BCUT2D eigenvalue weighted by Gasteiger charge is -2.03. The fourth-order valence-corrected chi connectivity index (χ4v) is 2.24. The monoisotopic (exact) mass is 281 g/mol. The van der Waals surface area contributed by atoms with E-state index in [0.717, 1.165) is 11.1 Å². The van der Waals surface area contributed by atoms with E-state index in [1.807, 2.05) is 31.2 Å². The number of nitro groups is 1. The Balaban J connectivity index is 2.26. The number of hydrogen-bond donors (Lipinski definition) is 0. The summed E-state index contributed by atoms with van der Waals surface area (Å²) >= 11 is 0. The van der Waals surface area contributed by atoms with Crippen LogP contribution >= 0.6 is 0 Å². The Morgan fingerprint density at radius 2 is 1.90 bits per heavy atom. The van der Waals surface area contributed by atoms with Crippen LogP contribution in [0.3, 0.4) is 0 Å². The third kappa shape index (κ3) is 2.41. The first kappa shape index (κ1) is 13.1. The Bertz CT molecular complexity index is 912. The van der Waals surface area contributed by atoms with Gasteiger partial charge in [0.1, 0.15) is 5.58 Å². The first-order chi connectivity index (χ1) is 10.0. The summed E-state index contributed by atoms with van der Waals surface area (Å²) < 4.78 is 5.24. The molecule has 0 aliphatic rings. The van der Waals surface area contributed by atoms with E-state index in [9.17, 15) is 14.9 Å². The highest BCUT2D eigenvalue weighted by Gasteiger charge is 2.11. The van der Waals surface area contributed by atoms with Crippen molar-refractivity contribution in [2.24, 2.45) is 0 Å². The van der Waals surface area contributed by atoms with Gasteiger partial charge in [0.2, 0.25) is 0 Å². The quantitative estimate of drug-likeness (QED) is 0.408. The van der Waals surface area contributed by atoms with Crippen molar-refractivity contribution in [3.63, 3.8) is 0 Å². The van der Waals surface area contributed by atoms with Crippen molar-refractivity contribution < 1.29 is 9.34 Å². The molecule has 5 nitrogen and oxygen atoms in total. The third-order valence-corrected chi connectivity index (χ3v) is 3.26. The Morgan fingerprint density at radius 1 is 1.10 bits per heavy atom. The van der Waals surface area contributed by atoms with Gasteiger partial charge < -0.3 is 4.42 Å². The van der Waals surface area contributed by atoms with Gasteiger partial charge in [-0.05, 0) is 24.6 Å². The lowest BCUT2D eigenvalue weighted by Crippen LogP contribution is -2.03. The molecule has 1 heterocycles. The summed E-state index contributed by atoms with van der Waals surface area (Å²) in [5.74, 6) is 0. The number of aryl methyl sites for hydroxylation is 1. The molecule has 0 unspecified atom stereocenters. The molecule has 0 bridgehead atoms. The third-order valence-electron chi connectivity index (χ3n) is 3.26. The van der Waals surface area contributed by atoms with Gasteiger partial charge in [-0.15, -0.1) is 0 Å². The Morgan fingerprint density at radius 3 is 2.62 bits per heavy atom. The van der Waals surface area contributed by atoms with Crippen molar-refractivity contribution in [2.45, 2.75) is 6.92 Å². The molecular weight excluding hydrogens is 270 g/mol. The van der Waals surface area contributed by atoms with E-state index in [1.165, 1.54) is 18.2 Å². The van der Waals surface area contributed by atoms with Gasteiger partial charge in [-0.3, -0.25) is 10.1 Å². The van der Waals surface area contributed by atoms with Crippen LogP contribution in [-0.4, -0.2) is 4.92 Å². The largest absolute Gasteiger partial charge is 0.422 e. The van der Waals surface area contributed by atoms with Crippen molar-refractivity contribution in [3.05, 3.63) is 74.6 Å². The number of rotatable bonds is 2. The summed E-state index contributed by atoms with van der Waals surface area (Å²) in [6, 6.07) is 13.2. The molecule has 0 spiro atoms. The minimum absolute atomic E-state index is 0.0356. The zero-order valence-electron chi connectivity index (χ0n) is 11.2. The lowest BCUT2D eigenvalue weighted by atomic mass is 10.0. The average Bonchev–Trinajstić information content (AvgIpc) is 2.46. The van der Waals surface area contributed by atoms with Crippen LogP contribution in [0.25, 0.3) is 22.1 Å². The number of benzene rings is 2. The first-order valence-electron chi connectivity index (χ1n) is 6.34. The summed E-state index contributed by atoms with van der Waals surface area (Å²) in [6.07, 6.45) is 0. The molecule has 0 amide bonds. The number of nitrogens with zero attached hydrogens (tertiary/aromatic N) is 1. The van der Waals surface area contributed by atoms with Crippen molar-refractivity contribution in [2.75, 3.05) is 0 Å². The normalized spacial score (nSPS) is 10.7. The second-order valence-electron chi connectivity index (χ2n) is 4.80. The van der Waals surface area contributed by atoms with Crippen LogP contribution in [-0.2, 0) is 0 Å². The summed E-state index contributed by atoms with van der Waals surface area (Å²) in [4.78, 5) is 22.4. The fourth-order valence-electron chi connectivity index (χ4n) is 2.24. The van der Waals surface area contributed by atoms with E-state index in [4.69, 9.17) is 4.42 Å². The van der Waals surface area contributed by atoms with Gasteiger partial charge in [0.05, 0.1) is 10.5 Å². The molecule has 0 aliphatic heterocycles. The maximum absolute atomic E-state index is 12.1. The molecular formula is C16H11NO4. The Labute approximate surface area is 119 Å². The summed E-state index contributed by atoms with van der Waals surface area (Å²) in [5.41, 5.74) is 1.99. The minimum atomic E-state index is -0.475. The van der Waals surface area contributed by atoms with Gasteiger partial charge >= 0.3 is 5.63 Å². The van der Waals surface area contributed by atoms with Crippen LogP contribution in [0.15, 0.2) is 57.7 Å². The number of hydrogen-bond acceptors (Lipinski definition) is 4. The van der Waals surface area contributed by atoms with Crippen molar-refractivity contribution in [1.82, 2.24) is 0 Å². The van der Waals surface area contributed by atoms with E-state index in [1.54, 1.807) is 6.07 Å². The molecule has 21 heavy (non-hydrogen) atoms. The number of nitro benzene ring substituents is 1. The summed E-state index contributed by atoms with van der Waals surface area (Å²) in [5, 5.41) is 11.4. The molecule has 2 aromatic carbocycles. The Hall–Kier alpha value is -2.95. The molecule has 0 N–H and O–H groups in total. The number of fused-ring (bicyclic) bond motifs is 1. The van der Waals surface area contributed by atoms with Crippen LogP contribution in [0.4, 0.5) is 5.69 Å². The van der Waals surface area contributed by atoms with Gasteiger partial charge in [0, 0.05) is 17.5 Å². The maximum atomic E-state index is 12.1. The van der Waals surface area contributed by atoms with Crippen LogP contribution in [0.5, 0.6) is 0 Å². The number of non-ortho nitro benzene ring substituents is 1. The SMILES string of the molecule is Cc1cccc(-c2cc3cc([N+](=O)[O-])ccc3oc2=O)c1. The average molecular weight is 281 g/mol. The van der Waals surface area contributed by atoms with Gasteiger partial charge in [0.15, 0.2) is 0 Å².